The molecule has 0 aliphatic rings. The zero-order valence-corrected chi connectivity index (χ0v) is 19.1. The average molecular weight is 429 g/mol. The number of carbonyl (C=O) groups excluding carboxylic acids is 2. The summed E-state index contributed by atoms with van der Waals surface area (Å²) in [4.78, 5) is 28.9. The van der Waals surface area contributed by atoms with E-state index in [0.29, 0.717) is 13.0 Å². The lowest BCUT2D eigenvalue weighted by Crippen LogP contribution is -2.51. The third-order valence-corrected chi connectivity index (χ3v) is 5.98. The molecule has 0 aliphatic carbocycles. The van der Waals surface area contributed by atoms with Gasteiger partial charge in [-0.3, -0.25) is 9.59 Å². The lowest BCUT2D eigenvalue weighted by atomic mass is 10.1. The zero-order valence-electron chi connectivity index (χ0n) is 18.3. The second-order valence-corrected chi connectivity index (χ2v) is 8.27. The van der Waals surface area contributed by atoms with Gasteiger partial charge in [0, 0.05) is 17.5 Å². The molecule has 30 heavy (non-hydrogen) atoms. The van der Waals surface area contributed by atoms with Gasteiger partial charge in [0.05, 0.1) is 12.9 Å². The van der Waals surface area contributed by atoms with E-state index in [1.807, 2.05) is 75.4 Å². The Labute approximate surface area is 184 Å². The minimum absolute atomic E-state index is 0.0576. The van der Waals surface area contributed by atoms with Crippen LogP contribution in [0.5, 0.6) is 5.75 Å². The van der Waals surface area contributed by atoms with E-state index in [2.05, 4.69) is 5.32 Å². The van der Waals surface area contributed by atoms with E-state index in [0.717, 1.165) is 22.6 Å². The van der Waals surface area contributed by atoms with Gasteiger partial charge in [-0.1, -0.05) is 44.2 Å². The Morgan fingerprint density at radius 1 is 1.07 bits per heavy atom. The second kappa shape index (κ2) is 12.3. The Morgan fingerprint density at radius 2 is 1.80 bits per heavy atom. The molecule has 162 valence electrons. The van der Waals surface area contributed by atoms with E-state index in [-0.39, 0.29) is 23.6 Å². The van der Waals surface area contributed by atoms with Crippen molar-refractivity contribution in [2.75, 3.05) is 12.9 Å². The molecule has 0 heterocycles. The van der Waals surface area contributed by atoms with Crippen LogP contribution in [0.3, 0.4) is 0 Å². The number of nitrogens with one attached hydrogen (secondary N) is 1. The molecule has 2 atom stereocenters. The largest absolute Gasteiger partial charge is 0.497 e. The fourth-order valence-electron chi connectivity index (χ4n) is 3.07. The minimum Gasteiger partial charge on any atom is -0.497 e. The van der Waals surface area contributed by atoms with Crippen LogP contribution in [0.25, 0.3) is 0 Å². The van der Waals surface area contributed by atoms with Crippen molar-refractivity contribution in [3.63, 3.8) is 0 Å². The number of rotatable bonds is 11. The lowest BCUT2D eigenvalue weighted by Gasteiger charge is -2.31. The van der Waals surface area contributed by atoms with Crippen molar-refractivity contribution >= 4 is 23.6 Å². The molecule has 0 saturated carbocycles. The number of methoxy groups -OCH3 is 1. The molecule has 0 aliphatic heterocycles. The van der Waals surface area contributed by atoms with Crippen molar-refractivity contribution in [3.8, 4) is 5.75 Å². The number of benzene rings is 2. The maximum absolute atomic E-state index is 13.2. The number of nitrogens with zero attached hydrogens (tertiary/aromatic N) is 1. The minimum atomic E-state index is -0.519. The average Bonchev–Trinajstić information content (AvgIpc) is 2.78. The number of ether oxygens (including phenoxy) is 1. The Hall–Kier alpha value is -2.47. The first-order valence-corrected chi connectivity index (χ1v) is 11.4. The van der Waals surface area contributed by atoms with Crippen molar-refractivity contribution in [3.05, 3.63) is 60.2 Å². The van der Waals surface area contributed by atoms with Crippen LogP contribution in [0.15, 0.2) is 59.5 Å². The molecule has 0 fully saturated rings. The molecule has 0 unspecified atom stereocenters. The Bertz CT molecular complexity index is 813. The van der Waals surface area contributed by atoms with Crippen LogP contribution < -0.4 is 10.1 Å². The number of amides is 2. The fourth-order valence-corrected chi connectivity index (χ4v) is 3.88. The Morgan fingerprint density at radius 3 is 2.43 bits per heavy atom. The fraction of sp³-hybridized carbons (Fsp3) is 0.417. The predicted octanol–water partition coefficient (Wildman–Crippen LogP) is 4.51. The van der Waals surface area contributed by atoms with Crippen LogP contribution >= 0.6 is 11.8 Å². The van der Waals surface area contributed by atoms with Crippen molar-refractivity contribution in [1.29, 1.82) is 0 Å². The maximum Gasteiger partial charge on any atom is 0.243 e. The normalized spacial score (nSPS) is 12.7. The zero-order chi connectivity index (χ0) is 21.9. The van der Waals surface area contributed by atoms with Gasteiger partial charge >= 0.3 is 0 Å². The third kappa shape index (κ3) is 7.10. The number of hydrogen-bond donors (Lipinski definition) is 1. The van der Waals surface area contributed by atoms with Gasteiger partial charge in [0.15, 0.2) is 0 Å². The van der Waals surface area contributed by atoms with E-state index in [1.54, 1.807) is 12.0 Å². The summed E-state index contributed by atoms with van der Waals surface area (Å²) in [7, 11) is 1.62. The first-order chi connectivity index (χ1) is 14.5. The van der Waals surface area contributed by atoms with E-state index < -0.39 is 6.04 Å². The van der Waals surface area contributed by atoms with Crippen LogP contribution in [0.4, 0.5) is 0 Å². The summed E-state index contributed by atoms with van der Waals surface area (Å²) in [5.41, 5.74) is 0.933. The molecule has 6 heteroatoms. The van der Waals surface area contributed by atoms with Gasteiger partial charge < -0.3 is 15.0 Å². The maximum atomic E-state index is 13.2. The lowest BCUT2D eigenvalue weighted by molar-refractivity contribution is -0.139. The predicted molar refractivity (Wildman–Crippen MR) is 123 cm³/mol. The van der Waals surface area contributed by atoms with Crippen molar-refractivity contribution in [1.82, 2.24) is 10.2 Å². The van der Waals surface area contributed by atoms with Gasteiger partial charge in [0.1, 0.15) is 11.8 Å². The molecule has 5 nitrogen and oxygen atoms in total. The topological polar surface area (TPSA) is 58.6 Å². The first kappa shape index (κ1) is 23.8. The summed E-state index contributed by atoms with van der Waals surface area (Å²) in [6.07, 6.45) is 1.39. The van der Waals surface area contributed by atoms with Crippen LogP contribution in [0.1, 0.15) is 39.2 Å². The molecule has 0 radical (unpaired) electrons. The van der Waals surface area contributed by atoms with Crippen molar-refractivity contribution in [2.45, 2.75) is 57.1 Å². The number of carbonyl (C=O) groups is 2. The second-order valence-electron chi connectivity index (χ2n) is 7.22. The van der Waals surface area contributed by atoms with Gasteiger partial charge in [0.25, 0.3) is 0 Å². The van der Waals surface area contributed by atoms with Crippen molar-refractivity contribution in [2.24, 2.45) is 0 Å². The highest BCUT2D eigenvalue weighted by atomic mass is 32.2. The standard InChI is InChI=1S/C24H32N2O3S/c1-5-18(3)25-24(28)22(6-2)26(16-19-11-10-12-20(15-19)29-4)23(27)17-30-21-13-8-7-9-14-21/h7-15,18,22H,5-6,16-17H2,1-4H3,(H,25,28)/t18-,22+/m1/s1. The van der Waals surface area contributed by atoms with Crippen LogP contribution in [0.2, 0.25) is 0 Å². The van der Waals surface area contributed by atoms with Gasteiger partial charge in [-0.25, -0.2) is 0 Å². The Balaban J connectivity index is 2.22. The summed E-state index contributed by atoms with van der Waals surface area (Å²) in [5.74, 6) is 0.850. The molecule has 2 aromatic carbocycles. The summed E-state index contributed by atoms with van der Waals surface area (Å²) >= 11 is 1.49. The molecule has 0 saturated heterocycles. The number of hydrogen-bond acceptors (Lipinski definition) is 4. The molecule has 2 amide bonds. The quantitative estimate of drug-likeness (QED) is 0.535. The molecule has 2 rings (SSSR count). The monoisotopic (exact) mass is 428 g/mol. The molecule has 2 aromatic rings. The highest BCUT2D eigenvalue weighted by Gasteiger charge is 2.29. The van der Waals surface area contributed by atoms with Gasteiger partial charge in [0.2, 0.25) is 11.8 Å². The van der Waals surface area contributed by atoms with Gasteiger partial charge in [-0.2, -0.15) is 0 Å². The Kier molecular flexibility index (Phi) is 9.74. The van der Waals surface area contributed by atoms with Crippen molar-refractivity contribution < 1.29 is 14.3 Å². The van der Waals surface area contributed by atoms with E-state index >= 15 is 0 Å². The van der Waals surface area contributed by atoms with Crippen LogP contribution in [0, 0.1) is 0 Å². The van der Waals surface area contributed by atoms with Crippen LogP contribution in [-0.4, -0.2) is 41.7 Å². The molecule has 0 spiro atoms. The van der Waals surface area contributed by atoms with Gasteiger partial charge in [-0.15, -0.1) is 11.8 Å². The smallest absolute Gasteiger partial charge is 0.243 e. The molecule has 0 aromatic heterocycles. The molecular formula is C24H32N2O3S. The summed E-state index contributed by atoms with van der Waals surface area (Å²) in [6, 6.07) is 17.0. The summed E-state index contributed by atoms with van der Waals surface area (Å²) in [5, 5.41) is 3.03. The SMILES string of the molecule is CC[C@@H](C)NC(=O)[C@H](CC)N(Cc1cccc(OC)c1)C(=O)CSc1ccccc1. The number of thioether (sulfide) groups is 1. The molecule has 1 N–H and O–H groups in total. The van der Waals surface area contributed by atoms with Crippen LogP contribution in [-0.2, 0) is 16.1 Å². The molecule has 0 bridgehead atoms. The summed E-state index contributed by atoms with van der Waals surface area (Å²) in [6.45, 7) is 6.31. The van der Waals surface area contributed by atoms with Gasteiger partial charge in [-0.05, 0) is 49.6 Å². The first-order valence-electron chi connectivity index (χ1n) is 10.4. The van der Waals surface area contributed by atoms with E-state index in [9.17, 15) is 9.59 Å². The highest BCUT2D eigenvalue weighted by Crippen LogP contribution is 2.21. The van der Waals surface area contributed by atoms with E-state index in [1.165, 1.54) is 11.8 Å². The molecular weight excluding hydrogens is 396 g/mol. The van der Waals surface area contributed by atoms with E-state index in [4.69, 9.17) is 4.74 Å². The highest BCUT2D eigenvalue weighted by molar-refractivity contribution is 8.00. The third-order valence-electron chi connectivity index (χ3n) is 4.98. The summed E-state index contributed by atoms with van der Waals surface area (Å²) < 4.78 is 5.32.